The molecule has 132 valence electrons. The molecule has 0 radical (unpaired) electrons. The molecule has 1 aliphatic heterocycles. The molecule has 0 aromatic carbocycles. The van der Waals surface area contributed by atoms with E-state index in [2.05, 4.69) is 14.6 Å². The van der Waals surface area contributed by atoms with E-state index in [0.717, 1.165) is 37.3 Å². The minimum atomic E-state index is -0.678. The van der Waals surface area contributed by atoms with Crippen molar-refractivity contribution in [1.82, 2.24) is 4.98 Å². The minimum Gasteiger partial charge on any atom is -0.468 e. The van der Waals surface area contributed by atoms with Gasteiger partial charge in [-0.1, -0.05) is 6.07 Å². The van der Waals surface area contributed by atoms with Gasteiger partial charge in [0.15, 0.2) is 0 Å². The van der Waals surface area contributed by atoms with E-state index in [1.807, 2.05) is 19.1 Å². The van der Waals surface area contributed by atoms with Gasteiger partial charge in [-0.25, -0.2) is 4.98 Å². The number of carbonyl (C=O) groups is 2. The molecule has 0 bridgehead atoms. The Labute approximate surface area is 142 Å². The fourth-order valence-corrected chi connectivity index (χ4v) is 2.82. The molecule has 0 spiro atoms. The van der Waals surface area contributed by atoms with Crippen molar-refractivity contribution in [1.29, 1.82) is 0 Å². The zero-order valence-electron chi connectivity index (χ0n) is 14.2. The van der Waals surface area contributed by atoms with Crippen LogP contribution in [0.4, 0.5) is 5.82 Å². The molecule has 24 heavy (non-hydrogen) atoms. The Kier molecular flexibility index (Phi) is 6.54. The summed E-state index contributed by atoms with van der Waals surface area (Å²) in [7, 11) is 1.32. The monoisotopic (exact) mass is 335 g/mol. The Morgan fingerprint density at radius 1 is 1.38 bits per heavy atom. The molecule has 7 nitrogen and oxygen atoms in total. The molecule has 1 fully saturated rings. The van der Waals surface area contributed by atoms with Gasteiger partial charge in [-0.15, -0.1) is 0 Å². The molecular weight excluding hydrogens is 310 g/mol. The number of piperidine rings is 1. The van der Waals surface area contributed by atoms with E-state index in [9.17, 15) is 9.59 Å². The van der Waals surface area contributed by atoms with Crippen LogP contribution in [-0.4, -0.2) is 49.8 Å². The van der Waals surface area contributed by atoms with Crippen molar-refractivity contribution < 1.29 is 19.1 Å². The first-order chi connectivity index (χ1) is 11.5. The number of hydrogen-bond donors (Lipinski definition) is 1. The second-order valence-corrected chi connectivity index (χ2v) is 5.87. The number of anilines is 1. The lowest BCUT2D eigenvalue weighted by Gasteiger charge is -2.31. The first-order valence-corrected chi connectivity index (χ1v) is 8.25. The molecule has 2 rings (SSSR count). The fourth-order valence-electron chi connectivity index (χ4n) is 2.82. The average Bonchev–Trinajstić information content (AvgIpc) is 2.62. The number of aromatic nitrogens is 1. The first-order valence-electron chi connectivity index (χ1n) is 8.25. The maximum atomic E-state index is 11.8. The maximum absolute atomic E-state index is 11.8. The largest absolute Gasteiger partial charge is 0.468 e. The van der Waals surface area contributed by atoms with Crippen LogP contribution in [0.25, 0.3) is 0 Å². The highest BCUT2D eigenvalue weighted by atomic mass is 16.5. The predicted octanol–water partition coefficient (Wildman–Crippen LogP) is 0.904. The molecule has 1 unspecified atom stereocenters. The number of esters is 2. The third-order valence-electron chi connectivity index (χ3n) is 4.21. The van der Waals surface area contributed by atoms with Gasteiger partial charge in [0.1, 0.15) is 11.9 Å². The zero-order valence-corrected chi connectivity index (χ0v) is 14.2. The van der Waals surface area contributed by atoms with Crippen molar-refractivity contribution >= 4 is 17.8 Å². The number of nitrogens with zero attached hydrogens (tertiary/aromatic N) is 2. The van der Waals surface area contributed by atoms with E-state index in [1.54, 1.807) is 6.20 Å². The van der Waals surface area contributed by atoms with Crippen molar-refractivity contribution in [2.24, 2.45) is 11.7 Å². The molecule has 2 N–H and O–H groups in total. The first kappa shape index (κ1) is 18.2. The minimum absolute atomic E-state index is 0.0153. The molecule has 2 heterocycles. The van der Waals surface area contributed by atoms with Crippen LogP contribution < -0.4 is 10.6 Å². The Bertz CT molecular complexity index is 553. The van der Waals surface area contributed by atoms with Gasteiger partial charge in [0, 0.05) is 19.3 Å². The molecule has 1 atom stereocenters. The number of nitrogens with two attached hydrogens (primary N) is 1. The Morgan fingerprint density at radius 3 is 2.62 bits per heavy atom. The highest BCUT2D eigenvalue weighted by Crippen LogP contribution is 2.23. The lowest BCUT2D eigenvalue weighted by Crippen LogP contribution is -2.37. The van der Waals surface area contributed by atoms with Crippen molar-refractivity contribution in [3.63, 3.8) is 0 Å². The summed E-state index contributed by atoms with van der Waals surface area (Å²) in [6.45, 7) is 3.80. The lowest BCUT2D eigenvalue weighted by molar-refractivity contribution is -0.148. The van der Waals surface area contributed by atoms with E-state index in [1.165, 1.54) is 7.11 Å². The van der Waals surface area contributed by atoms with E-state index in [0.29, 0.717) is 13.0 Å². The van der Waals surface area contributed by atoms with Crippen LogP contribution in [0.3, 0.4) is 0 Å². The van der Waals surface area contributed by atoms with Crippen LogP contribution in [0, 0.1) is 5.92 Å². The molecule has 0 saturated carbocycles. The van der Waals surface area contributed by atoms with Gasteiger partial charge in [-0.3, -0.25) is 9.59 Å². The van der Waals surface area contributed by atoms with E-state index in [-0.39, 0.29) is 11.9 Å². The number of ether oxygens (including phenoxy) is 2. The summed E-state index contributed by atoms with van der Waals surface area (Å²) in [5.41, 5.74) is 6.64. The lowest BCUT2D eigenvalue weighted by atomic mass is 9.97. The van der Waals surface area contributed by atoms with Gasteiger partial charge < -0.3 is 20.1 Å². The fraction of sp³-hybridized carbons (Fsp3) is 0.588. The molecule has 1 saturated heterocycles. The topological polar surface area (TPSA) is 94.8 Å². The summed E-state index contributed by atoms with van der Waals surface area (Å²) < 4.78 is 9.70. The van der Waals surface area contributed by atoms with Gasteiger partial charge in [-0.2, -0.15) is 0 Å². The van der Waals surface area contributed by atoms with Gasteiger partial charge in [0.05, 0.1) is 19.6 Å². The quantitative estimate of drug-likeness (QED) is 0.772. The molecular formula is C17H25N3O4. The molecule has 7 heteroatoms. The highest BCUT2D eigenvalue weighted by Gasteiger charge is 2.26. The summed E-state index contributed by atoms with van der Waals surface area (Å²) >= 11 is 0. The van der Waals surface area contributed by atoms with Crippen LogP contribution in [-0.2, 0) is 25.5 Å². The Balaban J connectivity index is 1.88. The summed E-state index contributed by atoms with van der Waals surface area (Å²) in [6.07, 6.45) is 3.67. The second-order valence-electron chi connectivity index (χ2n) is 5.87. The van der Waals surface area contributed by atoms with Crippen LogP contribution in [0.2, 0.25) is 0 Å². The average molecular weight is 335 g/mol. The maximum Gasteiger partial charge on any atom is 0.322 e. The summed E-state index contributed by atoms with van der Waals surface area (Å²) in [5, 5.41) is 0. The van der Waals surface area contributed by atoms with Crippen molar-refractivity contribution in [3.8, 4) is 0 Å². The molecule has 1 aromatic rings. The molecule has 1 aliphatic rings. The van der Waals surface area contributed by atoms with Gasteiger partial charge >= 0.3 is 11.9 Å². The molecule has 0 aliphatic carbocycles. The third kappa shape index (κ3) is 4.67. The van der Waals surface area contributed by atoms with E-state index < -0.39 is 12.0 Å². The predicted molar refractivity (Wildman–Crippen MR) is 89.5 cm³/mol. The smallest absolute Gasteiger partial charge is 0.322 e. The third-order valence-corrected chi connectivity index (χ3v) is 4.21. The highest BCUT2D eigenvalue weighted by molar-refractivity contribution is 5.75. The number of methoxy groups -OCH3 is 1. The van der Waals surface area contributed by atoms with Crippen LogP contribution >= 0.6 is 0 Å². The number of rotatable bonds is 6. The van der Waals surface area contributed by atoms with Crippen LogP contribution in [0.15, 0.2) is 18.3 Å². The van der Waals surface area contributed by atoms with Crippen LogP contribution in [0.5, 0.6) is 0 Å². The second kappa shape index (κ2) is 8.63. The summed E-state index contributed by atoms with van der Waals surface area (Å²) in [6, 6.07) is 3.16. The van der Waals surface area contributed by atoms with Crippen molar-refractivity contribution in [2.45, 2.75) is 32.2 Å². The number of carbonyl (C=O) groups excluding carboxylic acids is 2. The Morgan fingerprint density at radius 2 is 2.08 bits per heavy atom. The molecule has 0 amide bonds. The van der Waals surface area contributed by atoms with Crippen molar-refractivity contribution in [2.75, 3.05) is 31.7 Å². The van der Waals surface area contributed by atoms with E-state index >= 15 is 0 Å². The number of hydrogen-bond acceptors (Lipinski definition) is 7. The van der Waals surface area contributed by atoms with Crippen LogP contribution in [0.1, 0.15) is 25.3 Å². The van der Waals surface area contributed by atoms with Gasteiger partial charge in [-0.05, 0) is 37.8 Å². The SMILES string of the molecule is CCOC(=O)C1CCN(c2ccc(CC(N)C(=O)OC)cn2)CC1. The Hall–Kier alpha value is -2.15. The number of pyridine rings is 1. The van der Waals surface area contributed by atoms with Crippen molar-refractivity contribution in [3.05, 3.63) is 23.9 Å². The summed E-state index contributed by atoms with van der Waals surface area (Å²) in [5.74, 6) is 0.323. The normalized spacial score (nSPS) is 16.5. The summed E-state index contributed by atoms with van der Waals surface area (Å²) in [4.78, 5) is 29.7. The van der Waals surface area contributed by atoms with E-state index in [4.69, 9.17) is 10.5 Å². The zero-order chi connectivity index (χ0) is 17.5. The van der Waals surface area contributed by atoms with Gasteiger partial charge in [0.2, 0.25) is 0 Å². The standard InChI is InChI=1S/C17H25N3O4/c1-3-24-16(21)13-6-8-20(9-7-13)15-5-4-12(11-19-15)10-14(18)17(22)23-2/h4-5,11,13-14H,3,6-10,18H2,1-2H3. The van der Waals surface area contributed by atoms with Gasteiger partial charge in [0.25, 0.3) is 0 Å². The molecule has 1 aromatic heterocycles.